The average molecular weight is 290 g/mol. The maximum absolute atomic E-state index is 12.2. The van der Waals surface area contributed by atoms with Gasteiger partial charge >= 0.3 is 0 Å². The standard InChI is InChI=1S/C15H16ClN3O/c1-3-5-12-8-11(9-13(16)18-12)15(20)19-14-7-4-6-10(2)17-14/h4,6-9H,3,5H2,1-2H3,(H,17,19,20). The van der Waals surface area contributed by atoms with Crippen LogP contribution in [0, 0.1) is 6.92 Å². The quantitative estimate of drug-likeness (QED) is 0.874. The van der Waals surface area contributed by atoms with Crippen LogP contribution in [0.5, 0.6) is 0 Å². The van der Waals surface area contributed by atoms with E-state index in [0.717, 1.165) is 24.2 Å². The van der Waals surface area contributed by atoms with Crippen molar-refractivity contribution in [2.75, 3.05) is 5.32 Å². The first-order valence-electron chi connectivity index (χ1n) is 6.50. The summed E-state index contributed by atoms with van der Waals surface area (Å²) in [5.74, 6) is 0.296. The van der Waals surface area contributed by atoms with Crippen molar-refractivity contribution in [3.05, 3.63) is 52.4 Å². The summed E-state index contributed by atoms with van der Waals surface area (Å²) in [6, 6.07) is 8.80. The van der Waals surface area contributed by atoms with Crippen molar-refractivity contribution in [1.29, 1.82) is 0 Å². The number of pyridine rings is 2. The van der Waals surface area contributed by atoms with E-state index >= 15 is 0 Å². The highest BCUT2D eigenvalue weighted by molar-refractivity contribution is 6.29. The fourth-order valence-corrected chi connectivity index (χ4v) is 2.09. The summed E-state index contributed by atoms with van der Waals surface area (Å²) in [5, 5.41) is 3.09. The molecule has 2 aromatic heterocycles. The molecule has 2 rings (SSSR count). The molecule has 20 heavy (non-hydrogen) atoms. The summed E-state index contributed by atoms with van der Waals surface area (Å²) in [5.41, 5.74) is 2.17. The predicted octanol–water partition coefficient (Wildman–Crippen LogP) is 3.64. The van der Waals surface area contributed by atoms with Gasteiger partial charge in [-0.2, -0.15) is 0 Å². The molecule has 0 bridgehead atoms. The van der Waals surface area contributed by atoms with Gasteiger partial charge in [0.2, 0.25) is 0 Å². The van der Waals surface area contributed by atoms with Crippen molar-refractivity contribution in [3.63, 3.8) is 0 Å². The number of aromatic nitrogens is 2. The number of amides is 1. The number of hydrogen-bond donors (Lipinski definition) is 1. The molecular weight excluding hydrogens is 274 g/mol. The molecule has 0 fully saturated rings. The number of halogens is 1. The Labute approximate surface area is 123 Å². The lowest BCUT2D eigenvalue weighted by Gasteiger charge is -2.07. The molecule has 0 aliphatic heterocycles. The maximum Gasteiger partial charge on any atom is 0.256 e. The van der Waals surface area contributed by atoms with Gasteiger partial charge in [0.1, 0.15) is 11.0 Å². The monoisotopic (exact) mass is 289 g/mol. The van der Waals surface area contributed by atoms with Crippen LogP contribution in [0.4, 0.5) is 5.82 Å². The van der Waals surface area contributed by atoms with Crippen LogP contribution in [-0.2, 0) is 6.42 Å². The van der Waals surface area contributed by atoms with Crippen LogP contribution in [-0.4, -0.2) is 15.9 Å². The van der Waals surface area contributed by atoms with Gasteiger partial charge in [-0.1, -0.05) is 31.0 Å². The van der Waals surface area contributed by atoms with Crippen LogP contribution in [0.2, 0.25) is 5.15 Å². The van der Waals surface area contributed by atoms with Crippen molar-refractivity contribution < 1.29 is 4.79 Å². The lowest BCUT2D eigenvalue weighted by molar-refractivity contribution is 0.102. The van der Waals surface area contributed by atoms with Crippen molar-refractivity contribution in [1.82, 2.24) is 9.97 Å². The number of nitrogens with zero attached hydrogens (tertiary/aromatic N) is 2. The highest BCUT2D eigenvalue weighted by atomic mass is 35.5. The zero-order valence-corrected chi connectivity index (χ0v) is 12.2. The number of aryl methyl sites for hydroxylation is 2. The molecule has 0 saturated carbocycles. The summed E-state index contributed by atoms with van der Waals surface area (Å²) < 4.78 is 0. The Bertz CT molecular complexity index is 628. The summed E-state index contributed by atoms with van der Waals surface area (Å²) in [7, 11) is 0. The number of rotatable bonds is 4. The van der Waals surface area contributed by atoms with Crippen LogP contribution in [0.25, 0.3) is 0 Å². The van der Waals surface area contributed by atoms with E-state index in [0.29, 0.717) is 16.5 Å². The Morgan fingerprint density at radius 1 is 1.30 bits per heavy atom. The van der Waals surface area contributed by atoms with Gasteiger partial charge in [0, 0.05) is 17.0 Å². The van der Waals surface area contributed by atoms with Crippen molar-refractivity contribution in [3.8, 4) is 0 Å². The largest absolute Gasteiger partial charge is 0.307 e. The first-order chi connectivity index (χ1) is 9.58. The predicted molar refractivity (Wildman–Crippen MR) is 80.2 cm³/mol. The first kappa shape index (κ1) is 14.5. The second kappa shape index (κ2) is 6.48. The second-order valence-corrected chi connectivity index (χ2v) is 4.93. The molecule has 0 atom stereocenters. The molecule has 4 nitrogen and oxygen atoms in total. The lowest BCUT2D eigenvalue weighted by atomic mass is 10.1. The number of nitrogens with one attached hydrogen (secondary N) is 1. The van der Waals surface area contributed by atoms with Gasteiger partial charge in [-0.25, -0.2) is 9.97 Å². The number of anilines is 1. The fourth-order valence-electron chi connectivity index (χ4n) is 1.87. The van der Waals surface area contributed by atoms with E-state index in [1.807, 2.05) is 19.1 Å². The third-order valence-corrected chi connectivity index (χ3v) is 2.94. The molecule has 2 heterocycles. The van der Waals surface area contributed by atoms with Crippen LogP contribution >= 0.6 is 11.6 Å². The van der Waals surface area contributed by atoms with Gasteiger partial charge in [0.05, 0.1) is 0 Å². The first-order valence-corrected chi connectivity index (χ1v) is 6.87. The molecule has 0 radical (unpaired) electrons. The van der Waals surface area contributed by atoms with Crippen LogP contribution in [0.3, 0.4) is 0 Å². The highest BCUT2D eigenvalue weighted by Gasteiger charge is 2.10. The number of carbonyl (C=O) groups excluding carboxylic acids is 1. The molecule has 0 aliphatic rings. The molecule has 0 aliphatic carbocycles. The lowest BCUT2D eigenvalue weighted by Crippen LogP contribution is -2.14. The molecule has 0 saturated heterocycles. The smallest absolute Gasteiger partial charge is 0.256 e. The minimum Gasteiger partial charge on any atom is -0.307 e. The zero-order valence-electron chi connectivity index (χ0n) is 11.5. The third kappa shape index (κ3) is 3.78. The van der Waals surface area contributed by atoms with E-state index in [-0.39, 0.29) is 5.91 Å². The molecule has 104 valence electrons. The number of hydrogen-bond acceptors (Lipinski definition) is 3. The van der Waals surface area contributed by atoms with Crippen molar-refractivity contribution in [2.24, 2.45) is 0 Å². The molecule has 2 aromatic rings. The van der Waals surface area contributed by atoms with E-state index in [9.17, 15) is 4.79 Å². The van der Waals surface area contributed by atoms with E-state index in [2.05, 4.69) is 22.2 Å². The molecule has 1 N–H and O–H groups in total. The molecule has 0 spiro atoms. The minimum atomic E-state index is -0.232. The van der Waals surface area contributed by atoms with Gasteiger partial charge in [-0.3, -0.25) is 4.79 Å². The Hall–Kier alpha value is -1.94. The zero-order chi connectivity index (χ0) is 14.5. The van der Waals surface area contributed by atoms with Crippen LogP contribution in [0.15, 0.2) is 30.3 Å². The van der Waals surface area contributed by atoms with E-state index in [1.165, 1.54) is 0 Å². The van der Waals surface area contributed by atoms with Crippen molar-refractivity contribution in [2.45, 2.75) is 26.7 Å². The van der Waals surface area contributed by atoms with Gasteiger partial charge < -0.3 is 5.32 Å². The van der Waals surface area contributed by atoms with Crippen LogP contribution in [0.1, 0.15) is 35.1 Å². The third-order valence-electron chi connectivity index (χ3n) is 2.75. The Balaban J connectivity index is 2.20. The van der Waals surface area contributed by atoms with Gasteiger partial charge in [0.25, 0.3) is 5.91 Å². The molecule has 0 aromatic carbocycles. The van der Waals surface area contributed by atoms with Crippen molar-refractivity contribution >= 4 is 23.3 Å². The Morgan fingerprint density at radius 3 is 2.80 bits per heavy atom. The average Bonchev–Trinajstić information content (AvgIpc) is 2.38. The second-order valence-electron chi connectivity index (χ2n) is 4.54. The highest BCUT2D eigenvalue weighted by Crippen LogP contribution is 2.14. The Morgan fingerprint density at radius 2 is 2.10 bits per heavy atom. The summed E-state index contributed by atoms with van der Waals surface area (Å²) in [6.45, 7) is 3.93. The van der Waals surface area contributed by atoms with E-state index in [1.54, 1.807) is 18.2 Å². The number of carbonyl (C=O) groups is 1. The van der Waals surface area contributed by atoms with Crippen LogP contribution < -0.4 is 5.32 Å². The molecular formula is C15H16ClN3O. The summed E-state index contributed by atoms with van der Waals surface area (Å²) >= 11 is 5.95. The molecule has 1 amide bonds. The summed E-state index contributed by atoms with van der Waals surface area (Å²) in [6.07, 6.45) is 1.75. The van der Waals surface area contributed by atoms with Gasteiger partial charge in [-0.15, -0.1) is 0 Å². The van der Waals surface area contributed by atoms with Gasteiger partial charge in [-0.05, 0) is 37.6 Å². The van der Waals surface area contributed by atoms with E-state index in [4.69, 9.17) is 11.6 Å². The molecule has 0 unspecified atom stereocenters. The maximum atomic E-state index is 12.2. The van der Waals surface area contributed by atoms with E-state index < -0.39 is 0 Å². The minimum absolute atomic E-state index is 0.232. The molecule has 5 heteroatoms. The van der Waals surface area contributed by atoms with Gasteiger partial charge in [0.15, 0.2) is 0 Å². The SMILES string of the molecule is CCCc1cc(C(=O)Nc2cccc(C)n2)cc(Cl)n1. The fraction of sp³-hybridized carbons (Fsp3) is 0.267. The normalized spacial score (nSPS) is 10.3. The summed E-state index contributed by atoms with van der Waals surface area (Å²) in [4.78, 5) is 20.6. The Kier molecular flexibility index (Phi) is 4.69. The topological polar surface area (TPSA) is 54.9 Å².